The highest BCUT2D eigenvalue weighted by atomic mass is 16.6. The largest absolute Gasteiger partial charge is 0.351 e. The van der Waals surface area contributed by atoms with E-state index < -0.39 is 4.92 Å². The summed E-state index contributed by atoms with van der Waals surface area (Å²) < 4.78 is 0. The first-order chi connectivity index (χ1) is 10.1. The van der Waals surface area contributed by atoms with Gasteiger partial charge in [-0.15, -0.1) is 0 Å². The molecule has 0 aliphatic heterocycles. The molecule has 0 bridgehead atoms. The molecule has 0 atom stereocenters. The van der Waals surface area contributed by atoms with Gasteiger partial charge in [0.05, 0.1) is 4.92 Å². The van der Waals surface area contributed by atoms with Crippen molar-refractivity contribution in [2.75, 3.05) is 39.3 Å². The molecule has 0 spiro atoms. The molecule has 0 fully saturated rings. The lowest BCUT2D eigenvalue weighted by Gasteiger charge is -2.07. The van der Waals surface area contributed by atoms with E-state index >= 15 is 0 Å². The van der Waals surface area contributed by atoms with Crippen LogP contribution in [0.1, 0.15) is 10.4 Å². The Morgan fingerprint density at radius 2 is 1.81 bits per heavy atom. The fraction of sp³-hybridized carbons (Fsp3) is 0.462. The molecule has 0 saturated carbocycles. The first-order valence-corrected chi connectivity index (χ1v) is 6.79. The molecule has 0 aliphatic carbocycles. The molecule has 116 valence electrons. The van der Waals surface area contributed by atoms with Crippen LogP contribution in [0, 0.1) is 10.1 Å². The quantitative estimate of drug-likeness (QED) is 0.261. The van der Waals surface area contributed by atoms with Crippen LogP contribution in [0.5, 0.6) is 0 Å². The molecule has 21 heavy (non-hydrogen) atoms. The maximum absolute atomic E-state index is 11.8. The molecule has 1 amide bonds. The lowest BCUT2D eigenvalue weighted by Crippen LogP contribution is -2.35. The van der Waals surface area contributed by atoms with Crippen LogP contribution in [-0.4, -0.2) is 50.1 Å². The van der Waals surface area contributed by atoms with Gasteiger partial charge in [0, 0.05) is 57.0 Å². The number of benzene rings is 1. The smallest absolute Gasteiger partial charge is 0.270 e. The van der Waals surface area contributed by atoms with Gasteiger partial charge in [0.1, 0.15) is 0 Å². The number of nitrogens with zero attached hydrogens (tertiary/aromatic N) is 1. The topological polar surface area (TPSA) is 122 Å². The van der Waals surface area contributed by atoms with Crippen LogP contribution < -0.4 is 21.7 Å². The number of carbonyl (C=O) groups excluding carboxylic acids is 1. The van der Waals surface area contributed by atoms with E-state index in [0.29, 0.717) is 19.6 Å². The van der Waals surface area contributed by atoms with Crippen LogP contribution in [0.3, 0.4) is 0 Å². The summed E-state index contributed by atoms with van der Waals surface area (Å²) in [7, 11) is 0. The van der Waals surface area contributed by atoms with Crippen LogP contribution in [0.4, 0.5) is 5.69 Å². The Kier molecular flexibility index (Phi) is 7.95. The van der Waals surface area contributed by atoms with Gasteiger partial charge in [-0.25, -0.2) is 0 Å². The number of nitrogens with two attached hydrogens (primary N) is 1. The van der Waals surface area contributed by atoms with Crippen LogP contribution in [0.25, 0.3) is 0 Å². The molecule has 0 saturated heterocycles. The monoisotopic (exact) mass is 295 g/mol. The van der Waals surface area contributed by atoms with Gasteiger partial charge < -0.3 is 21.7 Å². The van der Waals surface area contributed by atoms with Gasteiger partial charge in [0.25, 0.3) is 11.6 Å². The first-order valence-electron chi connectivity index (χ1n) is 6.79. The summed E-state index contributed by atoms with van der Waals surface area (Å²) in [5.74, 6) is -0.318. The van der Waals surface area contributed by atoms with E-state index in [1.54, 1.807) is 6.07 Å². The summed E-state index contributed by atoms with van der Waals surface area (Å²) in [6, 6.07) is 5.66. The second-order valence-corrected chi connectivity index (χ2v) is 4.35. The minimum atomic E-state index is -0.521. The van der Waals surface area contributed by atoms with Crippen molar-refractivity contribution in [1.29, 1.82) is 0 Å². The number of nitrogens with one attached hydrogen (secondary N) is 3. The molecular weight excluding hydrogens is 274 g/mol. The van der Waals surface area contributed by atoms with Gasteiger partial charge >= 0.3 is 0 Å². The van der Waals surface area contributed by atoms with Gasteiger partial charge in [-0.05, 0) is 6.07 Å². The molecule has 0 aliphatic rings. The highest BCUT2D eigenvalue weighted by Gasteiger charge is 2.10. The summed E-state index contributed by atoms with van der Waals surface area (Å²) in [4.78, 5) is 21.9. The second kappa shape index (κ2) is 9.81. The Morgan fingerprint density at radius 3 is 2.48 bits per heavy atom. The van der Waals surface area contributed by atoms with Crippen molar-refractivity contribution in [1.82, 2.24) is 16.0 Å². The Morgan fingerprint density at radius 1 is 1.14 bits per heavy atom. The first kappa shape index (κ1) is 17.0. The van der Waals surface area contributed by atoms with E-state index in [9.17, 15) is 14.9 Å². The fourth-order valence-corrected chi connectivity index (χ4v) is 1.66. The number of nitro groups is 1. The van der Waals surface area contributed by atoms with Crippen molar-refractivity contribution in [3.63, 3.8) is 0 Å². The number of nitro benzene ring substituents is 1. The zero-order valence-corrected chi connectivity index (χ0v) is 11.8. The van der Waals surface area contributed by atoms with E-state index in [4.69, 9.17) is 5.73 Å². The Balaban J connectivity index is 2.22. The maximum atomic E-state index is 11.8. The van der Waals surface area contributed by atoms with Crippen molar-refractivity contribution in [2.24, 2.45) is 5.73 Å². The van der Waals surface area contributed by atoms with Crippen molar-refractivity contribution in [3.8, 4) is 0 Å². The number of amides is 1. The standard InChI is InChI=1S/C13H21N5O3/c14-4-5-15-6-7-16-8-9-17-13(19)11-2-1-3-12(10-11)18(20)21/h1-3,10,15-16H,4-9,14H2,(H,17,19). The van der Waals surface area contributed by atoms with E-state index in [-0.39, 0.29) is 17.2 Å². The molecule has 1 rings (SSSR count). The molecule has 1 aromatic rings. The molecule has 5 N–H and O–H groups in total. The number of rotatable bonds is 10. The SMILES string of the molecule is NCCNCCNCCNC(=O)c1cccc([N+](=O)[O-])c1. The number of hydrogen-bond donors (Lipinski definition) is 4. The summed E-state index contributed by atoms with van der Waals surface area (Å²) in [5, 5.41) is 19.6. The van der Waals surface area contributed by atoms with Crippen LogP contribution in [-0.2, 0) is 0 Å². The second-order valence-electron chi connectivity index (χ2n) is 4.35. The molecule has 0 aromatic heterocycles. The van der Waals surface area contributed by atoms with E-state index in [1.807, 2.05) is 0 Å². The van der Waals surface area contributed by atoms with E-state index in [2.05, 4.69) is 16.0 Å². The third-order valence-corrected chi connectivity index (χ3v) is 2.71. The summed E-state index contributed by atoms with van der Waals surface area (Å²) >= 11 is 0. The van der Waals surface area contributed by atoms with Crippen molar-refractivity contribution in [3.05, 3.63) is 39.9 Å². The van der Waals surface area contributed by atoms with E-state index in [0.717, 1.165) is 19.6 Å². The van der Waals surface area contributed by atoms with Gasteiger partial charge in [-0.2, -0.15) is 0 Å². The third kappa shape index (κ3) is 6.80. The summed E-state index contributed by atoms with van der Waals surface area (Å²) in [5.41, 5.74) is 5.53. The van der Waals surface area contributed by atoms with Crippen LogP contribution in [0.15, 0.2) is 24.3 Å². The van der Waals surface area contributed by atoms with E-state index in [1.165, 1.54) is 18.2 Å². The van der Waals surface area contributed by atoms with Gasteiger partial charge in [0.2, 0.25) is 0 Å². The maximum Gasteiger partial charge on any atom is 0.270 e. The Labute approximate surface area is 123 Å². The molecule has 8 heteroatoms. The Hall–Kier alpha value is -2.03. The van der Waals surface area contributed by atoms with Gasteiger partial charge in [0.15, 0.2) is 0 Å². The highest BCUT2D eigenvalue weighted by molar-refractivity contribution is 5.94. The molecule has 0 radical (unpaired) electrons. The van der Waals surface area contributed by atoms with Crippen molar-refractivity contribution in [2.45, 2.75) is 0 Å². The molecular formula is C13H21N5O3. The zero-order valence-electron chi connectivity index (χ0n) is 11.8. The molecule has 0 heterocycles. The summed E-state index contributed by atoms with van der Waals surface area (Å²) in [6.07, 6.45) is 0. The lowest BCUT2D eigenvalue weighted by molar-refractivity contribution is -0.384. The zero-order chi connectivity index (χ0) is 15.5. The third-order valence-electron chi connectivity index (χ3n) is 2.71. The predicted molar refractivity (Wildman–Crippen MR) is 80.2 cm³/mol. The van der Waals surface area contributed by atoms with Crippen LogP contribution >= 0.6 is 0 Å². The summed E-state index contributed by atoms with van der Waals surface area (Å²) in [6.45, 7) is 4.08. The molecule has 1 aromatic carbocycles. The average Bonchev–Trinajstić information content (AvgIpc) is 2.49. The minimum Gasteiger partial charge on any atom is -0.351 e. The fourth-order valence-electron chi connectivity index (χ4n) is 1.66. The number of hydrogen-bond acceptors (Lipinski definition) is 6. The van der Waals surface area contributed by atoms with Crippen molar-refractivity contribution < 1.29 is 9.72 Å². The normalized spacial score (nSPS) is 10.3. The highest BCUT2D eigenvalue weighted by Crippen LogP contribution is 2.12. The molecule has 0 unspecified atom stereocenters. The van der Waals surface area contributed by atoms with Crippen molar-refractivity contribution >= 4 is 11.6 Å². The lowest BCUT2D eigenvalue weighted by atomic mass is 10.2. The van der Waals surface area contributed by atoms with Gasteiger partial charge in [-0.1, -0.05) is 6.07 Å². The minimum absolute atomic E-state index is 0.0910. The number of carbonyl (C=O) groups is 1. The Bertz CT molecular complexity index is 467. The average molecular weight is 295 g/mol. The van der Waals surface area contributed by atoms with Crippen LogP contribution in [0.2, 0.25) is 0 Å². The predicted octanol–water partition coefficient (Wildman–Crippen LogP) is -0.537. The van der Waals surface area contributed by atoms with Gasteiger partial charge in [-0.3, -0.25) is 14.9 Å². The molecule has 8 nitrogen and oxygen atoms in total. The number of non-ortho nitro benzene ring substituents is 1.